The highest BCUT2D eigenvalue weighted by Gasteiger charge is 2.24. The number of nitrogens with zero attached hydrogens (tertiary/aromatic N) is 2. The van der Waals surface area contributed by atoms with E-state index in [1.54, 1.807) is 0 Å². The molecule has 4 nitrogen and oxygen atoms in total. The number of hydrogen-bond donors (Lipinski definition) is 0. The molecule has 0 spiro atoms. The van der Waals surface area contributed by atoms with E-state index < -0.39 is 0 Å². The SMILES string of the molecule is CCC(=O)N1CCCN(C(=O)C(CC)CC)CC1. The third kappa shape index (κ3) is 3.72. The van der Waals surface area contributed by atoms with Gasteiger partial charge in [0.15, 0.2) is 0 Å². The molecule has 1 heterocycles. The van der Waals surface area contributed by atoms with Gasteiger partial charge in [0.2, 0.25) is 11.8 Å². The van der Waals surface area contributed by atoms with Crippen LogP contribution in [0.2, 0.25) is 0 Å². The van der Waals surface area contributed by atoms with Crippen molar-refractivity contribution in [3.05, 3.63) is 0 Å². The van der Waals surface area contributed by atoms with Crippen molar-refractivity contribution in [3.8, 4) is 0 Å². The van der Waals surface area contributed by atoms with Crippen molar-refractivity contribution in [2.75, 3.05) is 26.2 Å². The van der Waals surface area contributed by atoms with Crippen LogP contribution in [0.5, 0.6) is 0 Å². The van der Waals surface area contributed by atoms with Crippen molar-refractivity contribution in [2.24, 2.45) is 5.92 Å². The second-order valence-electron chi connectivity index (χ2n) is 4.93. The van der Waals surface area contributed by atoms with E-state index >= 15 is 0 Å². The molecule has 0 radical (unpaired) electrons. The van der Waals surface area contributed by atoms with Gasteiger partial charge in [-0.15, -0.1) is 0 Å². The van der Waals surface area contributed by atoms with Crippen molar-refractivity contribution < 1.29 is 9.59 Å². The van der Waals surface area contributed by atoms with E-state index in [2.05, 4.69) is 13.8 Å². The molecule has 1 aliphatic rings. The van der Waals surface area contributed by atoms with Gasteiger partial charge < -0.3 is 9.80 Å². The van der Waals surface area contributed by atoms with Gasteiger partial charge in [0, 0.05) is 38.5 Å². The molecule has 0 saturated carbocycles. The lowest BCUT2D eigenvalue weighted by Gasteiger charge is -2.25. The zero-order valence-electron chi connectivity index (χ0n) is 11.9. The summed E-state index contributed by atoms with van der Waals surface area (Å²) in [6.45, 7) is 9.00. The van der Waals surface area contributed by atoms with E-state index in [0.29, 0.717) is 19.5 Å². The minimum absolute atomic E-state index is 0.151. The Morgan fingerprint density at radius 2 is 1.50 bits per heavy atom. The monoisotopic (exact) mass is 254 g/mol. The molecule has 0 atom stereocenters. The van der Waals surface area contributed by atoms with Crippen LogP contribution in [0.15, 0.2) is 0 Å². The third-order valence-corrected chi connectivity index (χ3v) is 3.80. The molecule has 0 unspecified atom stereocenters. The van der Waals surface area contributed by atoms with Gasteiger partial charge in [-0.3, -0.25) is 9.59 Å². The van der Waals surface area contributed by atoms with E-state index in [4.69, 9.17) is 0 Å². The van der Waals surface area contributed by atoms with Crippen LogP contribution >= 0.6 is 0 Å². The lowest BCUT2D eigenvalue weighted by atomic mass is 10.0. The summed E-state index contributed by atoms with van der Waals surface area (Å²) in [4.78, 5) is 27.8. The summed E-state index contributed by atoms with van der Waals surface area (Å²) >= 11 is 0. The molecule has 0 aromatic heterocycles. The molecule has 1 aliphatic heterocycles. The van der Waals surface area contributed by atoms with Crippen molar-refractivity contribution in [1.82, 2.24) is 9.80 Å². The highest BCUT2D eigenvalue weighted by atomic mass is 16.2. The van der Waals surface area contributed by atoms with Gasteiger partial charge in [0.05, 0.1) is 0 Å². The molecule has 2 amide bonds. The summed E-state index contributed by atoms with van der Waals surface area (Å²) in [5, 5.41) is 0. The molecule has 0 bridgehead atoms. The second-order valence-corrected chi connectivity index (χ2v) is 4.93. The van der Waals surface area contributed by atoms with Gasteiger partial charge in [-0.25, -0.2) is 0 Å². The molecule has 4 heteroatoms. The highest BCUT2D eigenvalue weighted by molar-refractivity contribution is 5.79. The zero-order valence-corrected chi connectivity index (χ0v) is 11.9. The summed E-state index contributed by atoms with van der Waals surface area (Å²) in [5.74, 6) is 0.621. The van der Waals surface area contributed by atoms with Crippen LogP contribution in [-0.2, 0) is 9.59 Å². The van der Waals surface area contributed by atoms with Crippen LogP contribution < -0.4 is 0 Å². The standard InChI is InChI=1S/C14H26N2O2/c1-4-12(5-2)14(18)16-9-7-8-15(10-11-16)13(17)6-3/h12H,4-11H2,1-3H3. The molecule has 0 N–H and O–H groups in total. The predicted octanol–water partition coefficient (Wildman–Crippen LogP) is 1.89. The van der Waals surface area contributed by atoms with E-state index in [9.17, 15) is 9.59 Å². The molecular weight excluding hydrogens is 228 g/mol. The van der Waals surface area contributed by atoms with Crippen LogP contribution in [0.25, 0.3) is 0 Å². The maximum atomic E-state index is 12.3. The summed E-state index contributed by atoms with van der Waals surface area (Å²) in [6.07, 6.45) is 3.27. The molecule has 1 saturated heterocycles. The normalized spacial score (nSPS) is 16.9. The number of amides is 2. The Morgan fingerprint density at radius 1 is 0.944 bits per heavy atom. The quantitative estimate of drug-likeness (QED) is 0.768. The average molecular weight is 254 g/mol. The third-order valence-electron chi connectivity index (χ3n) is 3.80. The van der Waals surface area contributed by atoms with Gasteiger partial charge in [0.1, 0.15) is 0 Å². The first kappa shape index (κ1) is 15.0. The largest absolute Gasteiger partial charge is 0.341 e. The van der Waals surface area contributed by atoms with E-state index in [0.717, 1.165) is 32.4 Å². The van der Waals surface area contributed by atoms with Gasteiger partial charge in [0.25, 0.3) is 0 Å². The molecule has 0 aromatic rings. The van der Waals surface area contributed by atoms with Gasteiger partial charge in [-0.05, 0) is 19.3 Å². The smallest absolute Gasteiger partial charge is 0.225 e. The summed E-state index contributed by atoms with van der Waals surface area (Å²) in [5.41, 5.74) is 0. The lowest BCUT2D eigenvalue weighted by Crippen LogP contribution is -2.39. The number of carbonyl (C=O) groups excluding carboxylic acids is 2. The number of carbonyl (C=O) groups is 2. The first-order chi connectivity index (χ1) is 8.63. The van der Waals surface area contributed by atoms with Crippen LogP contribution in [0, 0.1) is 5.92 Å². The van der Waals surface area contributed by atoms with Crippen molar-refractivity contribution in [3.63, 3.8) is 0 Å². The van der Waals surface area contributed by atoms with Crippen molar-refractivity contribution >= 4 is 11.8 Å². The Bertz CT molecular complexity index is 288. The zero-order chi connectivity index (χ0) is 13.5. The fourth-order valence-corrected chi connectivity index (χ4v) is 2.51. The molecule has 104 valence electrons. The minimum Gasteiger partial charge on any atom is -0.341 e. The Hall–Kier alpha value is -1.06. The van der Waals surface area contributed by atoms with Gasteiger partial charge >= 0.3 is 0 Å². The van der Waals surface area contributed by atoms with E-state index in [1.807, 2.05) is 16.7 Å². The highest BCUT2D eigenvalue weighted by Crippen LogP contribution is 2.14. The summed E-state index contributed by atoms with van der Waals surface area (Å²) in [7, 11) is 0. The molecule has 18 heavy (non-hydrogen) atoms. The number of hydrogen-bond acceptors (Lipinski definition) is 2. The minimum atomic E-state index is 0.151. The molecule has 1 rings (SSSR count). The Morgan fingerprint density at radius 3 is 2.06 bits per heavy atom. The van der Waals surface area contributed by atoms with E-state index in [-0.39, 0.29) is 17.7 Å². The van der Waals surface area contributed by atoms with Crippen molar-refractivity contribution in [1.29, 1.82) is 0 Å². The van der Waals surface area contributed by atoms with Gasteiger partial charge in [-0.1, -0.05) is 20.8 Å². The van der Waals surface area contributed by atoms with Crippen LogP contribution in [0.3, 0.4) is 0 Å². The number of rotatable bonds is 4. The fraction of sp³-hybridized carbons (Fsp3) is 0.857. The molecule has 0 aromatic carbocycles. The Labute approximate surface area is 110 Å². The molecule has 1 fully saturated rings. The van der Waals surface area contributed by atoms with Crippen LogP contribution in [-0.4, -0.2) is 47.8 Å². The first-order valence-electron chi connectivity index (χ1n) is 7.20. The Balaban J connectivity index is 2.56. The lowest BCUT2D eigenvalue weighted by molar-refractivity contribution is -0.136. The summed E-state index contributed by atoms with van der Waals surface area (Å²) in [6, 6.07) is 0. The first-order valence-corrected chi connectivity index (χ1v) is 7.20. The molecule has 0 aliphatic carbocycles. The molecular formula is C14H26N2O2. The topological polar surface area (TPSA) is 40.6 Å². The fourth-order valence-electron chi connectivity index (χ4n) is 2.51. The predicted molar refractivity (Wildman–Crippen MR) is 72.1 cm³/mol. The van der Waals surface area contributed by atoms with Crippen LogP contribution in [0.4, 0.5) is 0 Å². The van der Waals surface area contributed by atoms with Crippen molar-refractivity contribution in [2.45, 2.75) is 46.5 Å². The maximum absolute atomic E-state index is 12.3. The second kappa shape index (κ2) is 7.39. The maximum Gasteiger partial charge on any atom is 0.225 e. The Kier molecular flexibility index (Phi) is 6.16. The average Bonchev–Trinajstić information content (AvgIpc) is 2.64. The van der Waals surface area contributed by atoms with Crippen LogP contribution in [0.1, 0.15) is 46.5 Å². The summed E-state index contributed by atoms with van der Waals surface area (Å²) < 4.78 is 0. The van der Waals surface area contributed by atoms with Gasteiger partial charge in [-0.2, -0.15) is 0 Å². The van der Waals surface area contributed by atoms with E-state index in [1.165, 1.54) is 0 Å².